The number of rotatable bonds is 6. The zero-order chi connectivity index (χ0) is 24.3. The van der Waals surface area contributed by atoms with Gasteiger partial charge < -0.3 is 14.6 Å². The quantitative estimate of drug-likeness (QED) is 0.434. The summed E-state index contributed by atoms with van der Waals surface area (Å²) in [5.74, 6) is 0.641. The van der Waals surface area contributed by atoms with Gasteiger partial charge in [0.2, 0.25) is 5.82 Å². The summed E-state index contributed by atoms with van der Waals surface area (Å²) in [4.78, 5) is 13.7. The van der Waals surface area contributed by atoms with Crippen molar-refractivity contribution < 1.29 is 17.6 Å². The normalized spacial score (nSPS) is 23.3. The predicted molar refractivity (Wildman–Crippen MR) is 128 cm³/mol. The Bertz CT molecular complexity index is 1090. The maximum absolute atomic E-state index is 12.8. The summed E-state index contributed by atoms with van der Waals surface area (Å²) in [6, 6.07) is 10.8. The molecule has 0 unspecified atom stereocenters. The number of alkyl halides is 3. The van der Waals surface area contributed by atoms with Gasteiger partial charge in [-0.05, 0) is 43.9 Å². The number of aromatic nitrogens is 3. The minimum atomic E-state index is -4.52. The molecule has 1 saturated heterocycles. The Morgan fingerprint density at radius 1 is 0.943 bits per heavy atom. The molecule has 0 bridgehead atoms. The SMILES string of the molecule is FC(F)(F)c1ncc(N2CCC[C@H](C[C@@H]3CCCC[C@H]3Nc3ncc(-c4ccccc4)o3)C2)cn1. The number of piperidine rings is 1. The minimum absolute atomic E-state index is 0.302. The van der Waals surface area contributed by atoms with Gasteiger partial charge in [0.1, 0.15) is 0 Å². The van der Waals surface area contributed by atoms with Gasteiger partial charge in [-0.1, -0.05) is 43.2 Å². The highest BCUT2D eigenvalue weighted by Gasteiger charge is 2.35. The highest BCUT2D eigenvalue weighted by Crippen LogP contribution is 2.36. The van der Waals surface area contributed by atoms with Crippen molar-refractivity contribution >= 4 is 11.7 Å². The van der Waals surface area contributed by atoms with Gasteiger partial charge in [-0.3, -0.25) is 0 Å². The lowest BCUT2D eigenvalue weighted by molar-refractivity contribution is -0.144. The molecule has 0 amide bonds. The van der Waals surface area contributed by atoms with E-state index in [2.05, 4.69) is 25.2 Å². The second kappa shape index (κ2) is 10.3. The molecule has 0 spiro atoms. The molecule has 35 heavy (non-hydrogen) atoms. The average Bonchev–Trinajstić information content (AvgIpc) is 3.34. The number of benzene rings is 1. The topological polar surface area (TPSA) is 67.1 Å². The Morgan fingerprint density at radius 3 is 2.49 bits per heavy atom. The van der Waals surface area contributed by atoms with E-state index in [1.54, 1.807) is 6.20 Å². The van der Waals surface area contributed by atoms with E-state index in [4.69, 9.17) is 4.42 Å². The molecule has 186 valence electrons. The second-order valence-corrected chi connectivity index (χ2v) is 9.64. The van der Waals surface area contributed by atoms with Crippen LogP contribution in [0.15, 0.2) is 53.3 Å². The molecule has 1 saturated carbocycles. The first-order valence-corrected chi connectivity index (χ1v) is 12.4. The van der Waals surface area contributed by atoms with Gasteiger partial charge in [-0.25, -0.2) is 15.0 Å². The van der Waals surface area contributed by atoms with Crippen LogP contribution in [-0.4, -0.2) is 34.1 Å². The van der Waals surface area contributed by atoms with Crippen LogP contribution in [0.3, 0.4) is 0 Å². The molecule has 6 nitrogen and oxygen atoms in total. The monoisotopic (exact) mass is 485 g/mol. The molecule has 2 fully saturated rings. The molecule has 1 aromatic carbocycles. The highest BCUT2D eigenvalue weighted by atomic mass is 19.4. The first-order chi connectivity index (χ1) is 17.0. The largest absolute Gasteiger partial charge is 0.451 e. The van der Waals surface area contributed by atoms with Crippen LogP contribution in [0.1, 0.15) is 50.8 Å². The smallest absolute Gasteiger partial charge is 0.424 e. The molecule has 3 aromatic rings. The fourth-order valence-corrected chi connectivity index (χ4v) is 5.47. The molecule has 9 heteroatoms. The standard InChI is InChI=1S/C26H30F3N5O/c27-26(28,29)24-30-14-21(15-31-24)34-12-6-7-18(17-34)13-20-10-4-5-11-22(20)33-25-32-16-23(35-25)19-8-2-1-3-9-19/h1-3,8-9,14-16,18,20,22H,4-7,10-13,17H2,(H,32,33)/t18-,20+,22-/m1/s1. The molecule has 1 N–H and O–H groups in total. The van der Waals surface area contributed by atoms with E-state index in [9.17, 15) is 13.2 Å². The summed E-state index contributed by atoms with van der Waals surface area (Å²) >= 11 is 0. The number of nitrogens with one attached hydrogen (secondary N) is 1. The van der Waals surface area contributed by atoms with E-state index in [0.717, 1.165) is 56.5 Å². The molecule has 2 aliphatic rings. The number of hydrogen-bond acceptors (Lipinski definition) is 6. The van der Waals surface area contributed by atoms with Crippen LogP contribution >= 0.6 is 0 Å². The Hall–Kier alpha value is -3.10. The van der Waals surface area contributed by atoms with Gasteiger partial charge in [0.05, 0.1) is 24.3 Å². The van der Waals surface area contributed by atoms with Crippen molar-refractivity contribution in [2.45, 2.75) is 57.2 Å². The maximum atomic E-state index is 12.8. The van der Waals surface area contributed by atoms with Crippen molar-refractivity contribution in [1.29, 1.82) is 0 Å². The maximum Gasteiger partial charge on any atom is 0.451 e. The summed E-state index contributed by atoms with van der Waals surface area (Å²) in [5, 5.41) is 3.56. The van der Waals surface area contributed by atoms with Gasteiger partial charge in [-0.15, -0.1) is 0 Å². The van der Waals surface area contributed by atoms with Crippen LogP contribution in [0.4, 0.5) is 24.9 Å². The van der Waals surface area contributed by atoms with Crippen molar-refractivity contribution in [1.82, 2.24) is 15.0 Å². The van der Waals surface area contributed by atoms with E-state index in [0.29, 0.717) is 29.6 Å². The van der Waals surface area contributed by atoms with Crippen molar-refractivity contribution in [3.05, 3.63) is 54.7 Å². The molecular weight excluding hydrogens is 455 g/mol. The predicted octanol–water partition coefficient (Wildman–Crippen LogP) is 6.43. The first-order valence-electron chi connectivity index (χ1n) is 12.4. The van der Waals surface area contributed by atoms with Crippen molar-refractivity contribution in [2.24, 2.45) is 11.8 Å². The lowest BCUT2D eigenvalue weighted by Crippen LogP contribution is -2.39. The summed E-state index contributed by atoms with van der Waals surface area (Å²) in [7, 11) is 0. The molecule has 3 atom stereocenters. The first kappa shape index (κ1) is 23.6. The summed E-state index contributed by atoms with van der Waals surface area (Å²) in [6.07, 6.45) is 7.69. The molecular formula is C26H30F3N5O. The lowest BCUT2D eigenvalue weighted by Gasteiger charge is -2.38. The lowest BCUT2D eigenvalue weighted by atomic mass is 9.77. The molecule has 0 radical (unpaired) electrons. The number of hydrogen-bond donors (Lipinski definition) is 1. The molecule has 2 aromatic heterocycles. The second-order valence-electron chi connectivity index (χ2n) is 9.64. The average molecular weight is 486 g/mol. The van der Waals surface area contributed by atoms with Crippen LogP contribution in [0.5, 0.6) is 0 Å². The van der Waals surface area contributed by atoms with E-state index >= 15 is 0 Å². The van der Waals surface area contributed by atoms with Crippen LogP contribution in [0.25, 0.3) is 11.3 Å². The van der Waals surface area contributed by atoms with Gasteiger partial charge >= 0.3 is 6.18 Å². The molecule has 3 heterocycles. The fraction of sp³-hybridized carbons (Fsp3) is 0.500. The fourth-order valence-electron chi connectivity index (χ4n) is 5.47. The summed E-state index contributed by atoms with van der Waals surface area (Å²) in [5.41, 5.74) is 1.66. The van der Waals surface area contributed by atoms with E-state index < -0.39 is 12.0 Å². The zero-order valence-electron chi connectivity index (χ0n) is 19.5. The molecule has 1 aliphatic heterocycles. The van der Waals surface area contributed by atoms with E-state index in [1.807, 2.05) is 30.3 Å². The van der Waals surface area contributed by atoms with Crippen molar-refractivity contribution in [2.75, 3.05) is 23.3 Å². The summed E-state index contributed by atoms with van der Waals surface area (Å²) < 4.78 is 44.4. The van der Waals surface area contributed by atoms with Crippen molar-refractivity contribution in [3.63, 3.8) is 0 Å². The van der Waals surface area contributed by atoms with Crippen LogP contribution in [-0.2, 0) is 6.18 Å². The number of oxazole rings is 1. The number of halogens is 3. The Balaban J connectivity index is 1.21. The van der Waals surface area contributed by atoms with Gasteiger partial charge in [-0.2, -0.15) is 13.2 Å². The van der Waals surface area contributed by atoms with Crippen LogP contribution in [0.2, 0.25) is 0 Å². The molecule has 5 rings (SSSR count). The van der Waals surface area contributed by atoms with Crippen LogP contribution in [0, 0.1) is 11.8 Å². The van der Waals surface area contributed by atoms with Crippen molar-refractivity contribution in [3.8, 4) is 11.3 Å². The summed E-state index contributed by atoms with van der Waals surface area (Å²) in [6.45, 7) is 1.63. The van der Waals surface area contributed by atoms with E-state index in [1.165, 1.54) is 25.2 Å². The third-order valence-corrected chi connectivity index (χ3v) is 7.19. The van der Waals surface area contributed by atoms with Crippen LogP contribution < -0.4 is 10.2 Å². The Labute approximate surface area is 203 Å². The number of nitrogens with zero attached hydrogens (tertiary/aromatic N) is 4. The van der Waals surface area contributed by atoms with Gasteiger partial charge in [0, 0.05) is 24.7 Å². The van der Waals surface area contributed by atoms with E-state index in [-0.39, 0.29) is 0 Å². The Morgan fingerprint density at radius 2 is 1.71 bits per heavy atom. The zero-order valence-corrected chi connectivity index (χ0v) is 19.5. The van der Waals surface area contributed by atoms with Gasteiger partial charge in [0.15, 0.2) is 5.76 Å². The van der Waals surface area contributed by atoms with Gasteiger partial charge in [0.25, 0.3) is 6.01 Å². The minimum Gasteiger partial charge on any atom is -0.424 e. The Kier molecular flexibility index (Phi) is 6.92. The highest BCUT2D eigenvalue weighted by molar-refractivity contribution is 5.57. The number of anilines is 2. The third kappa shape index (κ3) is 5.77. The third-order valence-electron chi connectivity index (χ3n) is 7.19. The molecule has 1 aliphatic carbocycles.